The molecule has 6 N–H and O–H groups in total. The molecule has 12 nitrogen and oxygen atoms in total. The Morgan fingerprint density at radius 1 is 0.675 bits per heavy atom. The van der Waals surface area contributed by atoms with Crippen LogP contribution >= 0.6 is 0 Å². The van der Waals surface area contributed by atoms with Crippen LogP contribution in [0.5, 0.6) is 0 Å². The Labute approximate surface area is 231 Å². The van der Waals surface area contributed by atoms with Crippen LogP contribution in [0.25, 0.3) is 0 Å². The molecule has 1 aliphatic carbocycles. The molecule has 0 aromatic carbocycles. The number of anilines is 4. The lowest BCUT2D eigenvalue weighted by Crippen LogP contribution is -2.19. The van der Waals surface area contributed by atoms with Crippen molar-refractivity contribution in [1.29, 1.82) is 0 Å². The first kappa shape index (κ1) is 26.6. The fourth-order valence-corrected chi connectivity index (χ4v) is 4.77. The van der Waals surface area contributed by atoms with Gasteiger partial charge in [0.2, 0.25) is 11.8 Å². The van der Waals surface area contributed by atoms with E-state index in [2.05, 4.69) is 41.0 Å². The molecular weight excluding hydrogens is 508 g/mol. The first-order valence-corrected chi connectivity index (χ1v) is 13.1. The molecule has 2 amide bonds. The number of nitrogens with two attached hydrogens (primary N) is 2. The normalized spacial score (nSPS) is 16.7. The predicted octanol–water partition coefficient (Wildman–Crippen LogP) is 3.02. The van der Waals surface area contributed by atoms with Gasteiger partial charge in [-0.15, -0.1) is 10.2 Å². The molecule has 0 spiro atoms. The second-order valence-electron chi connectivity index (χ2n) is 9.86. The van der Waals surface area contributed by atoms with Crippen molar-refractivity contribution in [1.82, 2.24) is 30.4 Å². The van der Waals surface area contributed by atoms with Gasteiger partial charge in [0.1, 0.15) is 0 Å². The van der Waals surface area contributed by atoms with Crippen molar-refractivity contribution in [2.45, 2.75) is 50.4 Å². The summed E-state index contributed by atoms with van der Waals surface area (Å²) in [6.07, 6.45) is 7.19. The summed E-state index contributed by atoms with van der Waals surface area (Å²) in [5.41, 5.74) is 15.4. The van der Waals surface area contributed by atoms with E-state index in [1.807, 2.05) is 12.1 Å². The number of rotatable bonds is 8. The summed E-state index contributed by atoms with van der Waals surface area (Å²) >= 11 is 0. The molecule has 2 atom stereocenters. The van der Waals surface area contributed by atoms with Gasteiger partial charge >= 0.3 is 0 Å². The summed E-state index contributed by atoms with van der Waals surface area (Å²) in [6.45, 7) is 0. The van der Waals surface area contributed by atoms with Gasteiger partial charge < -0.3 is 22.1 Å². The smallest absolute Gasteiger partial charge is 0.231 e. The second-order valence-corrected chi connectivity index (χ2v) is 9.86. The van der Waals surface area contributed by atoms with E-state index in [-0.39, 0.29) is 36.5 Å². The molecule has 204 valence electrons. The number of pyridine rings is 2. The summed E-state index contributed by atoms with van der Waals surface area (Å²) in [6, 6.07) is 14.2. The third-order valence-corrected chi connectivity index (χ3v) is 6.79. The molecule has 4 aromatic rings. The average molecular weight is 539 g/mol. The number of carbonyl (C=O) groups excluding carboxylic acids is 2. The third-order valence-electron chi connectivity index (χ3n) is 6.79. The van der Waals surface area contributed by atoms with Crippen molar-refractivity contribution in [3.8, 4) is 0 Å². The summed E-state index contributed by atoms with van der Waals surface area (Å²) in [4.78, 5) is 33.0. The highest BCUT2D eigenvalue weighted by atomic mass is 16.2. The highest BCUT2D eigenvalue weighted by Gasteiger charge is 2.27. The standard InChI is InChI=1S/C28H30N10O2/c29-19-4-6-21(31-15-19)13-27(39)33-25-10-8-23(35-37-25)17-2-1-3-18(12-17)24-9-11-26(38-36-24)34-28(40)14-22-7-5-20(30)16-32-22/h4-11,15-18H,1-3,12-14,29-30H2,(H,33,37,39)(H,34,38,40)/t17-,18-/m0/s1. The maximum atomic E-state index is 12.3. The molecule has 0 bridgehead atoms. The minimum Gasteiger partial charge on any atom is -0.397 e. The van der Waals surface area contributed by atoms with Crippen molar-refractivity contribution >= 4 is 34.8 Å². The van der Waals surface area contributed by atoms with E-state index in [0.717, 1.165) is 37.1 Å². The molecule has 0 saturated heterocycles. The number of carbonyl (C=O) groups is 2. The van der Waals surface area contributed by atoms with Crippen LogP contribution in [0.4, 0.5) is 23.0 Å². The Kier molecular flexibility index (Phi) is 8.14. The van der Waals surface area contributed by atoms with Gasteiger partial charge in [-0.1, -0.05) is 6.42 Å². The Morgan fingerprint density at radius 2 is 1.15 bits per heavy atom. The molecule has 4 heterocycles. The number of aromatic nitrogens is 6. The van der Waals surface area contributed by atoms with Crippen LogP contribution in [0.15, 0.2) is 60.9 Å². The zero-order valence-corrected chi connectivity index (χ0v) is 21.8. The summed E-state index contributed by atoms with van der Waals surface area (Å²) in [5, 5.41) is 22.8. The number of nitrogens with zero attached hydrogens (tertiary/aromatic N) is 6. The Morgan fingerprint density at radius 3 is 1.52 bits per heavy atom. The number of amides is 2. The minimum absolute atomic E-state index is 0.122. The van der Waals surface area contributed by atoms with Crippen LogP contribution in [-0.4, -0.2) is 42.2 Å². The van der Waals surface area contributed by atoms with Crippen molar-refractivity contribution < 1.29 is 9.59 Å². The van der Waals surface area contributed by atoms with E-state index >= 15 is 0 Å². The van der Waals surface area contributed by atoms with E-state index in [4.69, 9.17) is 11.5 Å². The average Bonchev–Trinajstić information content (AvgIpc) is 2.96. The van der Waals surface area contributed by atoms with Crippen molar-refractivity contribution in [2.75, 3.05) is 22.1 Å². The van der Waals surface area contributed by atoms with Gasteiger partial charge in [-0.25, -0.2) is 0 Å². The number of hydrogen-bond donors (Lipinski definition) is 4. The van der Waals surface area contributed by atoms with E-state index < -0.39 is 0 Å². The fourth-order valence-electron chi connectivity index (χ4n) is 4.77. The Hall–Kier alpha value is -5.00. The van der Waals surface area contributed by atoms with Crippen LogP contribution < -0.4 is 22.1 Å². The first-order chi connectivity index (χ1) is 19.4. The van der Waals surface area contributed by atoms with Crippen LogP contribution in [-0.2, 0) is 22.4 Å². The lowest BCUT2D eigenvalue weighted by molar-refractivity contribution is -0.116. The van der Waals surface area contributed by atoms with Crippen molar-refractivity contribution in [2.24, 2.45) is 0 Å². The minimum atomic E-state index is -0.225. The zero-order chi connectivity index (χ0) is 27.9. The summed E-state index contributed by atoms with van der Waals surface area (Å²) < 4.78 is 0. The molecule has 1 fully saturated rings. The molecule has 0 unspecified atom stereocenters. The quantitative estimate of drug-likeness (QED) is 0.260. The highest BCUT2D eigenvalue weighted by Crippen LogP contribution is 2.40. The van der Waals surface area contributed by atoms with Crippen LogP contribution in [0.1, 0.15) is 60.3 Å². The number of nitrogen functional groups attached to an aromatic ring is 2. The van der Waals surface area contributed by atoms with Gasteiger partial charge in [-0.3, -0.25) is 19.6 Å². The molecule has 4 aromatic heterocycles. The van der Waals surface area contributed by atoms with Gasteiger partial charge in [0.15, 0.2) is 11.6 Å². The fraction of sp³-hybridized carbons (Fsp3) is 0.286. The Balaban J connectivity index is 1.13. The highest BCUT2D eigenvalue weighted by molar-refractivity contribution is 5.91. The van der Waals surface area contributed by atoms with Gasteiger partial charge in [0.05, 0.1) is 48.0 Å². The maximum absolute atomic E-state index is 12.3. The Bertz CT molecular complexity index is 1330. The van der Waals surface area contributed by atoms with Gasteiger partial charge in [-0.05, 0) is 67.8 Å². The van der Waals surface area contributed by atoms with E-state index in [1.165, 1.54) is 12.4 Å². The van der Waals surface area contributed by atoms with Gasteiger partial charge in [0.25, 0.3) is 0 Å². The zero-order valence-electron chi connectivity index (χ0n) is 21.8. The summed E-state index contributed by atoms with van der Waals surface area (Å²) in [5.74, 6) is 0.793. The van der Waals surface area contributed by atoms with Crippen LogP contribution in [0, 0.1) is 0 Å². The van der Waals surface area contributed by atoms with Crippen molar-refractivity contribution in [3.63, 3.8) is 0 Å². The van der Waals surface area contributed by atoms with Gasteiger partial charge in [0, 0.05) is 23.2 Å². The maximum Gasteiger partial charge on any atom is 0.231 e. The largest absolute Gasteiger partial charge is 0.397 e. The summed E-state index contributed by atoms with van der Waals surface area (Å²) in [7, 11) is 0. The van der Waals surface area contributed by atoms with E-state index in [1.54, 1.807) is 36.4 Å². The molecule has 5 rings (SSSR count). The van der Waals surface area contributed by atoms with Crippen molar-refractivity contribution in [3.05, 3.63) is 83.7 Å². The molecule has 1 saturated carbocycles. The number of nitrogens with one attached hydrogen (secondary N) is 2. The molecule has 0 aliphatic heterocycles. The molecule has 40 heavy (non-hydrogen) atoms. The topological polar surface area (TPSA) is 188 Å². The molecule has 0 radical (unpaired) electrons. The second kappa shape index (κ2) is 12.2. The molecule has 1 aliphatic rings. The SMILES string of the molecule is Nc1ccc(CC(=O)Nc2ccc([C@H]3CCC[C@H](c4ccc(NC(=O)Cc5ccc(N)cn5)nn4)C3)nn2)nc1. The third kappa shape index (κ3) is 7.10. The van der Waals surface area contributed by atoms with Gasteiger partial charge in [-0.2, -0.15) is 10.2 Å². The first-order valence-electron chi connectivity index (χ1n) is 13.1. The van der Waals surface area contributed by atoms with Crippen LogP contribution in [0.2, 0.25) is 0 Å². The predicted molar refractivity (Wildman–Crippen MR) is 150 cm³/mol. The molecule has 12 heteroatoms. The molecular formula is C28H30N10O2. The van der Waals surface area contributed by atoms with E-state index in [0.29, 0.717) is 34.4 Å². The lowest BCUT2D eigenvalue weighted by Gasteiger charge is -2.28. The monoisotopic (exact) mass is 538 g/mol. The van der Waals surface area contributed by atoms with E-state index in [9.17, 15) is 9.59 Å². The number of hydrogen-bond acceptors (Lipinski definition) is 10. The van der Waals surface area contributed by atoms with Crippen LogP contribution in [0.3, 0.4) is 0 Å². The lowest BCUT2D eigenvalue weighted by atomic mass is 9.78.